The lowest BCUT2D eigenvalue weighted by atomic mass is 9.99. The van der Waals surface area contributed by atoms with E-state index in [-0.39, 0.29) is 18.8 Å². The molecular weight excluding hydrogens is 580 g/mol. The first-order valence-corrected chi connectivity index (χ1v) is 15.8. The van der Waals surface area contributed by atoms with Gasteiger partial charge in [0.15, 0.2) is 5.37 Å². The van der Waals surface area contributed by atoms with Crippen molar-refractivity contribution in [2.45, 2.75) is 75.5 Å². The summed E-state index contributed by atoms with van der Waals surface area (Å²) in [5.74, 6) is -3.49. The number of carbonyl (C=O) groups excluding carboxylic acids is 4. The number of carboxylic acid groups (broad SMARTS) is 1. The Kier molecular flexibility index (Phi) is 17.2. The van der Waals surface area contributed by atoms with Gasteiger partial charge in [0.05, 0.1) is 6.04 Å². The van der Waals surface area contributed by atoms with Gasteiger partial charge in [0.1, 0.15) is 18.1 Å². The molecule has 0 aromatic heterocycles. The summed E-state index contributed by atoms with van der Waals surface area (Å²) in [6, 6.07) is 4.88. The van der Waals surface area contributed by atoms with Gasteiger partial charge in [-0.2, -0.15) is 11.8 Å². The van der Waals surface area contributed by atoms with E-state index in [1.54, 1.807) is 38.1 Å². The summed E-state index contributed by atoms with van der Waals surface area (Å²) in [7, 11) is 1.41. The molecule has 8 N–H and O–H groups in total. The molecule has 0 aliphatic carbocycles. The molecule has 1 rings (SSSR count). The quantitative estimate of drug-likeness (QED) is 0.0644. The van der Waals surface area contributed by atoms with Crippen molar-refractivity contribution in [1.82, 2.24) is 20.9 Å². The van der Waals surface area contributed by atoms with E-state index in [2.05, 4.69) is 28.6 Å². The lowest BCUT2D eigenvalue weighted by molar-refractivity contribution is -0.143. The molecule has 0 aliphatic rings. The van der Waals surface area contributed by atoms with Gasteiger partial charge in [0.2, 0.25) is 17.7 Å². The molecule has 1 aromatic carbocycles. The van der Waals surface area contributed by atoms with E-state index in [1.807, 2.05) is 12.3 Å². The van der Waals surface area contributed by atoms with Gasteiger partial charge in [0, 0.05) is 13.5 Å². The normalized spacial score (nSPS) is 14.7. The van der Waals surface area contributed by atoms with Crippen LogP contribution in [0.1, 0.15) is 45.1 Å². The van der Waals surface area contributed by atoms with Crippen molar-refractivity contribution >= 4 is 54.0 Å². The van der Waals surface area contributed by atoms with Gasteiger partial charge in [-0.05, 0) is 49.3 Å². The van der Waals surface area contributed by atoms with E-state index in [9.17, 15) is 29.1 Å². The van der Waals surface area contributed by atoms with Gasteiger partial charge in [-0.1, -0.05) is 50.6 Å². The van der Waals surface area contributed by atoms with Crippen LogP contribution >= 0.6 is 24.4 Å². The predicted molar refractivity (Wildman–Crippen MR) is 168 cm³/mol. The largest absolute Gasteiger partial charge is 0.480 e. The molecule has 0 heterocycles. The second-order valence-electron chi connectivity index (χ2n) is 10.4. The molecule has 14 heteroatoms. The lowest BCUT2D eigenvalue weighted by Crippen LogP contribution is -2.59. The Morgan fingerprint density at radius 1 is 0.952 bits per heavy atom. The number of benzene rings is 1. The van der Waals surface area contributed by atoms with E-state index >= 15 is 0 Å². The molecule has 0 bridgehead atoms. The fourth-order valence-electron chi connectivity index (χ4n) is 4.28. The molecule has 4 amide bonds. The van der Waals surface area contributed by atoms with Crippen LogP contribution in [0.25, 0.3) is 0 Å². The average Bonchev–Trinajstić information content (AvgIpc) is 2.94. The van der Waals surface area contributed by atoms with Crippen molar-refractivity contribution in [2.75, 3.05) is 25.6 Å². The van der Waals surface area contributed by atoms with Gasteiger partial charge >= 0.3 is 5.97 Å². The minimum atomic E-state index is -1.26. The highest BCUT2D eigenvalue weighted by Gasteiger charge is 2.36. The molecular formula is C28H46N6O6S2. The summed E-state index contributed by atoms with van der Waals surface area (Å²) >= 11 is 5.70. The third-order valence-electron chi connectivity index (χ3n) is 6.62. The van der Waals surface area contributed by atoms with Crippen molar-refractivity contribution in [1.29, 1.82) is 0 Å². The SMILES string of the molecule is CSCC[C@H](NC(=O)[C@H](Cc1ccccc1)NC(=O)[C@H](C(C)C)N(C)C(=O)[C@H](S)NC(=O)[C@H](N)CCCCN)C(=O)O. The van der Waals surface area contributed by atoms with Crippen molar-refractivity contribution in [3.05, 3.63) is 35.9 Å². The second kappa shape index (κ2) is 19.4. The van der Waals surface area contributed by atoms with Crippen molar-refractivity contribution in [2.24, 2.45) is 17.4 Å². The van der Waals surface area contributed by atoms with Gasteiger partial charge in [-0.15, -0.1) is 12.6 Å². The number of amides is 4. The molecule has 0 saturated heterocycles. The Bertz CT molecular complexity index is 1030. The zero-order chi connectivity index (χ0) is 31.8. The topological polar surface area (TPSA) is 197 Å². The van der Waals surface area contributed by atoms with Crippen LogP contribution in [-0.4, -0.2) is 94.7 Å². The summed E-state index contributed by atoms with van der Waals surface area (Å²) in [5.41, 5.74) is 12.1. The Balaban J connectivity index is 3.08. The number of carbonyl (C=O) groups is 5. The third kappa shape index (κ3) is 12.6. The summed E-state index contributed by atoms with van der Waals surface area (Å²) in [6.45, 7) is 3.96. The smallest absolute Gasteiger partial charge is 0.326 e. The molecule has 42 heavy (non-hydrogen) atoms. The maximum absolute atomic E-state index is 13.6. The van der Waals surface area contributed by atoms with Crippen molar-refractivity contribution in [3.8, 4) is 0 Å². The number of likely N-dealkylation sites (N-methyl/N-ethyl adjacent to an activating group) is 1. The Labute approximate surface area is 257 Å². The fourth-order valence-corrected chi connectivity index (χ4v) is 5.06. The first-order valence-electron chi connectivity index (χ1n) is 13.9. The monoisotopic (exact) mass is 626 g/mol. The van der Waals surface area contributed by atoms with Crippen LogP contribution in [0, 0.1) is 5.92 Å². The minimum absolute atomic E-state index is 0.100. The number of carboxylic acids is 1. The van der Waals surface area contributed by atoms with Crippen LogP contribution in [0.5, 0.6) is 0 Å². The molecule has 12 nitrogen and oxygen atoms in total. The highest BCUT2D eigenvalue weighted by atomic mass is 32.2. The maximum atomic E-state index is 13.6. The van der Waals surface area contributed by atoms with Crippen LogP contribution < -0.4 is 27.4 Å². The number of thioether (sulfide) groups is 1. The molecule has 0 saturated carbocycles. The first kappa shape index (κ1) is 37.2. The van der Waals surface area contributed by atoms with Crippen LogP contribution in [-0.2, 0) is 30.4 Å². The van der Waals surface area contributed by atoms with Gasteiger partial charge in [-0.3, -0.25) is 19.2 Å². The summed E-state index contributed by atoms with van der Waals surface area (Å²) in [6.07, 6.45) is 3.93. The first-order chi connectivity index (χ1) is 19.8. The molecule has 236 valence electrons. The van der Waals surface area contributed by atoms with E-state index < -0.39 is 59.1 Å². The number of thiol groups is 1. The number of nitrogens with two attached hydrogens (primary N) is 2. The number of unbranched alkanes of at least 4 members (excludes halogenated alkanes) is 1. The highest BCUT2D eigenvalue weighted by molar-refractivity contribution is 7.98. The Morgan fingerprint density at radius 2 is 1.57 bits per heavy atom. The van der Waals surface area contributed by atoms with Gasteiger partial charge < -0.3 is 37.4 Å². The maximum Gasteiger partial charge on any atom is 0.326 e. The predicted octanol–water partition coefficient (Wildman–Crippen LogP) is 0.348. The highest BCUT2D eigenvalue weighted by Crippen LogP contribution is 2.14. The summed E-state index contributed by atoms with van der Waals surface area (Å²) in [4.78, 5) is 65.4. The molecule has 0 unspecified atom stereocenters. The standard InChI is InChI=1S/C28H46N6O6S2/c1-17(2)22(34(3)27(38)26(41)33-23(35)19(30)12-8-9-14-29)25(37)32-21(16-18-10-6-5-7-11-18)24(36)31-20(28(39)40)13-15-42-4/h5-7,10-11,17,19-22,26,41H,8-9,12-16,29-30H2,1-4H3,(H,31,36)(H,32,37)(H,33,35)(H,39,40)/t19-,20+,21+,22+,26+/m1/s1. The minimum Gasteiger partial charge on any atom is -0.480 e. The molecule has 0 radical (unpaired) electrons. The van der Waals surface area contributed by atoms with Crippen LogP contribution in [0.2, 0.25) is 0 Å². The van der Waals surface area contributed by atoms with E-state index in [0.29, 0.717) is 25.1 Å². The number of aliphatic carboxylic acids is 1. The molecule has 1 aromatic rings. The number of nitrogens with one attached hydrogen (secondary N) is 3. The zero-order valence-corrected chi connectivity index (χ0v) is 26.5. The number of nitrogens with zero attached hydrogens (tertiary/aromatic N) is 1. The van der Waals surface area contributed by atoms with Crippen LogP contribution in [0.15, 0.2) is 30.3 Å². The van der Waals surface area contributed by atoms with Gasteiger partial charge in [0.25, 0.3) is 5.91 Å². The third-order valence-corrected chi connectivity index (χ3v) is 7.62. The van der Waals surface area contributed by atoms with Gasteiger partial charge in [-0.25, -0.2) is 4.79 Å². The average molecular weight is 627 g/mol. The van der Waals surface area contributed by atoms with Crippen molar-refractivity contribution < 1.29 is 29.1 Å². The molecule has 0 aliphatic heterocycles. The van der Waals surface area contributed by atoms with Crippen LogP contribution in [0.4, 0.5) is 0 Å². The fraction of sp³-hybridized carbons (Fsp3) is 0.607. The van der Waals surface area contributed by atoms with E-state index in [0.717, 1.165) is 12.0 Å². The van der Waals surface area contributed by atoms with Crippen molar-refractivity contribution in [3.63, 3.8) is 0 Å². The number of hydrogen-bond acceptors (Lipinski definition) is 9. The van der Waals surface area contributed by atoms with E-state index in [1.165, 1.54) is 23.7 Å². The zero-order valence-electron chi connectivity index (χ0n) is 24.7. The summed E-state index contributed by atoms with van der Waals surface area (Å²) in [5, 5.41) is 16.1. The lowest BCUT2D eigenvalue weighted by Gasteiger charge is -2.33. The van der Waals surface area contributed by atoms with Crippen LogP contribution in [0.3, 0.4) is 0 Å². The molecule has 0 spiro atoms. The Morgan fingerprint density at radius 3 is 2.12 bits per heavy atom. The van der Waals surface area contributed by atoms with E-state index in [4.69, 9.17) is 11.5 Å². The molecule has 0 fully saturated rings. The molecule has 5 atom stereocenters. The second-order valence-corrected chi connectivity index (χ2v) is 11.9. The Hall–Kier alpha value is -2.81. The summed E-state index contributed by atoms with van der Waals surface area (Å²) < 4.78 is 0. The number of rotatable bonds is 19. The number of hydrogen-bond donors (Lipinski definition) is 7.